The predicted molar refractivity (Wildman–Crippen MR) is 141 cm³/mol. The van der Waals surface area contributed by atoms with Gasteiger partial charge < -0.3 is 0 Å². The molecular formula is C28H61Al. The summed E-state index contributed by atoms with van der Waals surface area (Å²) < 4.78 is 0. The third-order valence-electron chi connectivity index (χ3n) is 6.40. The summed E-state index contributed by atoms with van der Waals surface area (Å²) in [6.45, 7) is 11.3. The minimum absolute atomic E-state index is 0.410. The van der Waals surface area contributed by atoms with Crippen LogP contribution in [0.25, 0.3) is 0 Å². The maximum Gasteiger partial charge on any atom is 0.261 e. The Morgan fingerprint density at radius 3 is 0.759 bits per heavy atom. The van der Waals surface area contributed by atoms with Crippen LogP contribution in [-0.4, -0.2) is 14.1 Å². The van der Waals surface area contributed by atoms with E-state index in [1.165, 1.54) is 109 Å². The molecule has 0 unspecified atom stereocenters. The van der Waals surface area contributed by atoms with E-state index in [1.807, 2.05) is 0 Å². The molecule has 0 rings (SSSR count). The maximum atomic E-state index is 2.32. The molecule has 0 saturated carbocycles. The molecule has 0 aromatic heterocycles. The monoisotopic (exact) mass is 424 g/mol. The molecule has 0 N–H and O–H groups in total. The van der Waals surface area contributed by atoms with Crippen molar-refractivity contribution in [1.82, 2.24) is 0 Å². The van der Waals surface area contributed by atoms with E-state index in [-0.39, 0.29) is 0 Å². The van der Waals surface area contributed by atoms with Gasteiger partial charge in [-0.25, -0.2) is 0 Å². The minimum Gasteiger partial charge on any atom is -0.0939 e. The fourth-order valence-electron chi connectivity index (χ4n) is 4.07. The molecule has 0 aliphatic rings. The average Bonchev–Trinajstić information content (AvgIpc) is 2.75. The Balaban J connectivity index is 0. The Hall–Kier alpha value is 0.532. The van der Waals surface area contributed by atoms with Crippen LogP contribution < -0.4 is 0 Å². The molecule has 0 atom stereocenters. The molecule has 0 fully saturated rings. The fraction of sp³-hybridized carbons (Fsp3) is 1.00. The van der Waals surface area contributed by atoms with Crippen LogP contribution in [0.2, 0.25) is 15.8 Å². The summed E-state index contributed by atoms with van der Waals surface area (Å²) in [5.74, 6) is 0. The summed E-state index contributed by atoms with van der Waals surface area (Å²) in [6, 6.07) is 0. The first-order valence-corrected chi connectivity index (χ1v) is 16.7. The molecule has 0 aliphatic carbocycles. The van der Waals surface area contributed by atoms with Crippen LogP contribution in [0.3, 0.4) is 0 Å². The van der Waals surface area contributed by atoms with E-state index >= 15 is 0 Å². The van der Waals surface area contributed by atoms with Crippen LogP contribution in [0.4, 0.5) is 0 Å². The zero-order valence-electron chi connectivity index (χ0n) is 21.8. The lowest BCUT2D eigenvalue weighted by molar-refractivity contribution is 0.610. The Morgan fingerprint density at radius 2 is 0.517 bits per heavy atom. The van der Waals surface area contributed by atoms with Gasteiger partial charge in [-0.15, -0.1) is 0 Å². The molecule has 29 heavy (non-hydrogen) atoms. The van der Waals surface area contributed by atoms with Crippen LogP contribution in [0.15, 0.2) is 0 Å². The predicted octanol–water partition coefficient (Wildman–Crippen LogP) is 11.4. The fourth-order valence-corrected chi connectivity index (χ4v) is 7.54. The maximum absolute atomic E-state index is 2.32. The van der Waals surface area contributed by atoms with E-state index in [4.69, 9.17) is 0 Å². The molecule has 0 saturated heterocycles. The van der Waals surface area contributed by atoms with Gasteiger partial charge in [-0.3, -0.25) is 0 Å². The highest BCUT2D eigenvalue weighted by Crippen LogP contribution is 2.20. The summed E-state index contributed by atoms with van der Waals surface area (Å²) >= 11 is -0.410. The number of rotatable bonds is 22. The van der Waals surface area contributed by atoms with Gasteiger partial charge in [0.1, 0.15) is 0 Å². The normalized spacial score (nSPS) is 10.7. The lowest BCUT2D eigenvalue weighted by Gasteiger charge is -2.12. The van der Waals surface area contributed by atoms with Gasteiger partial charge in [0.05, 0.1) is 0 Å². The van der Waals surface area contributed by atoms with Crippen molar-refractivity contribution in [2.75, 3.05) is 0 Å². The molecule has 0 aromatic carbocycles. The first-order chi connectivity index (χ1) is 14.3. The second-order valence-electron chi connectivity index (χ2n) is 9.54. The van der Waals surface area contributed by atoms with E-state index in [2.05, 4.69) is 34.6 Å². The van der Waals surface area contributed by atoms with Gasteiger partial charge in [0.25, 0.3) is 14.1 Å². The molecule has 176 valence electrons. The summed E-state index contributed by atoms with van der Waals surface area (Å²) in [5.41, 5.74) is 0. The third-order valence-corrected chi connectivity index (χ3v) is 10.1. The Kier molecular flexibility index (Phi) is 33.6. The van der Waals surface area contributed by atoms with Crippen LogP contribution >= 0.6 is 0 Å². The van der Waals surface area contributed by atoms with Crippen molar-refractivity contribution in [1.29, 1.82) is 0 Å². The smallest absolute Gasteiger partial charge is 0.0939 e. The van der Waals surface area contributed by atoms with Crippen molar-refractivity contribution in [3.63, 3.8) is 0 Å². The van der Waals surface area contributed by atoms with Crippen LogP contribution in [0.1, 0.15) is 163 Å². The van der Waals surface area contributed by atoms with Crippen LogP contribution in [-0.2, 0) is 0 Å². The number of unbranched alkanes of at least 4 members (excludes halogenated alkanes) is 16. The first kappa shape index (κ1) is 31.7. The van der Waals surface area contributed by atoms with Gasteiger partial charge in [0.2, 0.25) is 0 Å². The SMILES string of the molecule is CCCC.CCCCCCC[CH2][Al]([CH2]CCCCCCC)[CH2]CCCCCCC. The molecule has 0 radical (unpaired) electrons. The number of hydrogen-bond donors (Lipinski definition) is 0. The first-order valence-electron chi connectivity index (χ1n) is 14.3. The van der Waals surface area contributed by atoms with Crippen LogP contribution in [0.5, 0.6) is 0 Å². The van der Waals surface area contributed by atoms with E-state index in [1.54, 1.807) is 35.1 Å². The van der Waals surface area contributed by atoms with Gasteiger partial charge in [0.15, 0.2) is 0 Å². The zero-order valence-corrected chi connectivity index (χ0v) is 23.0. The molecule has 0 amide bonds. The largest absolute Gasteiger partial charge is 0.261 e. The second kappa shape index (κ2) is 30.7. The van der Waals surface area contributed by atoms with Crippen molar-refractivity contribution in [2.24, 2.45) is 0 Å². The molecule has 0 heterocycles. The van der Waals surface area contributed by atoms with E-state index in [0.29, 0.717) is 0 Å². The molecular weight excluding hydrogens is 363 g/mol. The topological polar surface area (TPSA) is 0 Å². The van der Waals surface area contributed by atoms with Crippen molar-refractivity contribution >= 4 is 14.1 Å². The molecule has 1 heteroatoms. The van der Waals surface area contributed by atoms with Gasteiger partial charge in [-0.05, 0) is 0 Å². The molecule has 0 bridgehead atoms. The minimum atomic E-state index is -0.410. The highest BCUT2D eigenvalue weighted by molar-refractivity contribution is 6.58. The third kappa shape index (κ3) is 30.8. The van der Waals surface area contributed by atoms with Crippen molar-refractivity contribution < 1.29 is 0 Å². The van der Waals surface area contributed by atoms with E-state index in [0.717, 1.165) is 0 Å². The molecule has 0 aromatic rings. The lowest BCUT2D eigenvalue weighted by Crippen LogP contribution is -2.12. The van der Waals surface area contributed by atoms with Gasteiger partial charge in [0, 0.05) is 0 Å². The van der Waals surface area contributed by atoms with Crippen LogP contribution in [0, 0.1) is 0 Å². The molecule has 0 spiro atoms. The lowest BCUT2D eigenvalue weighted by atomic mass is 10.1. The summed E-state index contributed by atoms with van der Waals surface area (Å²) in [6.07, 6.45) is 29.4. The second-order valence-corrected chi connectivity index (χ2v) is 13.0. The quantitative estimate of drug-likeness (QED) is 0.120. The summed E-state index contributed by atoms with van der Waals surface area (Å²) in [7, 11) is 0. The van der Waals surface area contributed by atoms with E-state index in [9.17, 15) is 0 Å². The highest BCUT2D eigenvalue weighted by Gasteiger charge is 2.15. The Labute approximate surface area is 192 Å². The highest BCUT2D eigenvalue weighted by atomic mass is 27.2. The van der Waals surface area contributed by atoms with Crippen molar-refractivity contribution in [3.8, 4) is 0 Å². The van der Waals surface area contributed by atoms with Crippen molar-refractivity contribution in [2.45, 2.75) is 179 Å². The van der Waals surface area contributed by atoms with Gasteiger partial charge >= 0.3 is 0 Å². The summed E-state index contributed by atoms with van der Waals surface area (Å²) in [4.78, 5) is 0. The summed E-state index contributed by atoms with van der Waals surface area (Å²) in [5, 5.41) is 4.99. The van der Waals surface area contributed by atoms with E-state index < -0.39 is 14.1 Å². The molecule has 0 aliphatic heterocycles. The Morgan fingerprint density at radius 1 is 0.276 bits per heavy atom. The van der Waals surface area contributed by atoms with Gasteiger partial charge in [-0.2, -0.15) is 0 Å². The standard InChI is InChI=1S/3C8H17.C4H10.Al/c3*1-3-5-7-8-6-4-2;1-3-4-2;/h3*1,3-8H2,2H3;3-4H2,1-2H3;. The van der Waals surface area contributed by atoms with Crippen molar-refractivity contribution in [3.05, 3.63) is 0 Å². The Bertz CT molecular complexity index is 211. The average molecular weight is 425 g/mol. The number of hydrogen-bond acceptors (Lipinski definition) is 0. The molecule has 0 nitrogen and oxygen atoms in total. The van der Waals surface area contributed by atoms with Gasteiger partial charge in [-0.1, -0.05) is 179 Å². The zero-order chi connectivity index (χ0) is 21.8.